The van der Waals surface area contributed by atoms with E-state index in [1.807, 2.05) is 0 Å². The molecule has 0 N–H and O–H groups in total. The van der Waals surface area contributed by atoms with Crippen molar-refractivity contribution in [2.45, 2.75) is 6.36 Å². The first-order valence-corrected chi connectivity index (χ1v) is 3.04. The van der Waals surface area contributed by atoms with Gasteiger partial charge in [-0.15, -0.1) is 13.2 Å². The summed E-state index contributed by atoms with van der Waals surface area (Å²) >= 11 is 0. The van der Waals surface area contributed by atoms with Crippen molar-refractivity contribution in [1.82, 2.24) is 9.97 Å². The second-order valence-electron chi connectivity index (χ2n) is 1.95. The van der Waals surface area contributed by atoms with Gasteiger partial charge < -0.3 is 4.74 Å². The number of aromatic nitrogens is 2. The predicted octanol–water partition coefficient (Wildman–Crippen LogP) is 1.19. The average molecular weight is 192 g/mol. The van der Waals surface area contributed by atoms with E-state index in [1.54, 1.807) is 0 Å². The first-order valence-electron chi connectivity index (χ1n) is 3.04. The van der Waals surface area contributed by atoms with Gasteiger partial charge in [0.05, 0.1) is 12.4 Å². The van der Waals surface area contributed by atoms with E-state index >= 15 is 0 Å². The summed E-state index contributed by atoms with van der Waals surface area (Å²) in [4.78, 5) is 16.6. The zero-order valence-electron chi connectivity index (χ0n) is 6.08. The summed E-state index contributed by atoms with van der Waals surface area (Å²) in [5.41, 5.74) is -0.221. The Kier molecular flexibility index (Phi) is 2.45. The molecule has 70 valence electrons. The summed E-state index contributed by atoms with van der Waals surface area (Å²) in [6.45, 7) is 0. The third-order valence-corrected chi connectivity index (χ3v) is 0.972. The predicted molar refractivity (Wildman–Crippen MR) is 34.1 cm³/mol. The molecule has 1 aromatic heterocycles. The number of hydrogen-bond donors (Lipinski definition) is 0. The topological polar surface area (TPSA) is 52.1 Å². The number of ether oxygens (including phenoxy) is 1. The van der Waals surface area contributed by atoms with Gasteiger partial charge in [-0.2, -0.15) is 0 Å². The zero-order chi connectivity index (χ0) is 9.90. The molecule has 0 saturated heterocycles. The fourth-order valence-corrected chi connectivity index (χ4v) is 0.587. The number of rotatable bonds is 2. The van der Waals surface area contributed by atoms with E-state index in [0.29, 0.717) is 0 Å². The Morgan fingerprint density at radius 3 is 2.62 bits per heavy atom. The van der Waals surface area contributed by atoms with Gasteiger partial charge in [-0.05, 0) is 0 Å². The van der Waals surface area contributed by atoms with Gasteiger partial charge in [-0.3, -0.25) is 9.78 Å². The lowest BCUT2D eigenvalue weighted by Crippen LogP contribution is -2.18. The maximum atomic E-state index is 11.6. The van der Waals surface area contributed by atoms with Crippen LogP contribution in [0.2, 0.25) is 0 Å². The maximum Gasteiger partial charge on any atom is 0.574 e. The normalized spacial score (nSPS) is 11.0. The third kappa shape index (κ3) is 3.06. The molecule has 0 saturated carbocycles. The average Bonchev–Trinajstić information content (AvgIpc) is 2.01. The van der Waals surface area contributed by atoms with E-state index in [4.69, 9.17) is 0 Å². The molecule has 0 amide bonds. The third-order valence-electron chi connectivity index (χ3n) is 0.972. The van der Waals surface area contributed by atoms with Crippen LogP contribution in [0.3, 0.4) is 0 Å². The lowest BCUT2D eigenvalue weighted by atomic mass is 10.5. The molecule has 7 heteroatoms. The minimum atomic E-state index is -4.82. The SMILES string of the molecule is O=Cc1cncc(OC(F)(F)F)n1. The summed E-state index contributed by atoms with van der Waals surface area (Å²) < 4.78 is 38.2. The summed E-state index contributed by atoms with van der Waals surface area (Å²) in [5, 5.41) is 0. The minimum absolute atomic E-state index is 0.221. The van der Waals surface area contributed by atoms with Crippen molar-refractivity contribution in [3.8, 4) is 5.88 Å². The van der Waals surface area contributed by atoms with E-state index < -0.39 is 12.2 Å². The summed E-state index contributed by atoms with van der Waals surface area (Å²) in [7, 11) is 0. The molecule has 0 aromatic carbocycles. The number of aldehydes is 1. The Balaban J connectivity index is 2.84. The molecule has 0 aliphatic carbocycles. The molecule has 1 heterocycles. The number of carbonyl (C=O) groups is 1. The van der Waals surface area contributed by atoms with Crippen LogP contribution in [0.1, 0.15) is 10.5 Å². The number of nitrogens with zero attached hydrogens (tertiary/aromatic N) is 2. The number of alkyl halides is 3. The molecule has 1 rings (SSSR count). The van der Waals surface area contributed by atoms with Gasteiger partial charge in [0, 0.05) is 0 Å². The van der Waals surface area contributed by atoms with E-state index in [2.05, 4.69) is 14.7 Å². The molecular formula is C6H3F3N2O2. The summed E-state index contributed by atoms with van der Waals surface area (Å²) in [5.74, 6) is -0.753. The number of halogens is 3. The summed E-state index contributed by atoms with van der Waals surface area (Å²) in [6.07, 6.45) is -2.76. The molecule has 0 bridgehead atoms. The van der Waals surface area contributed by atoms with Crippen LogP contribution in [0.5, 0.6) is 5.88 Å². The molecule has 0 fully saturated rings. The van der Waals surface area contributed by atoms with Crippen LogP contribution in [0.15, 0.2) is 12.4 Å². The largest absolute Gasteiger partial charge is 0.574 e. The number of carbonyl (C=O) groups excluding carboxylic acids is 1. The molecule has 0 aliphatic rings. The Morgan fingerprint density at radius 1 is 1.38 bits per heavy atom. The fourth-order valence-electron chi connectivity index (χ4n) is 0.587. The molecule has 1 aromatic rings. The molecule has 0 radical (unpaired) electrons. The van der Waals surface area contributed by atoms with Crippen molar-refractivity contribution in [3.05, 3.63) is 18.1 Å². The van der Waals surface area contributed by atoms with E-state index in [1.165, 1.54) is 0 Å². The molecule has 0 spiro atoms. The second kappa shape index (κ2) is 3.38. The number of hydrogen-bond acceptors (Lipinski definition) is 4. The quantitative estimate of drug-likeness (QED) is 0.660. The van der Waals surface area contributed by atoms with Crippen molar-refractivity contribution in [1.29, 1.82) is 0 Å². The maximum absolute atomic E-state index is 11.6. The van der Waals surface area contributed by atoms with E-state index in [-0.39, 0.29) is 12.0 Å². The van der Waals surface area contributed by atoms with Gasteiger partial charge in [-0.25, -0.2) is 4.98 Å². The van der Waals surface area contributed by atoms with Crippen LogP contribution in [-0.4, -0.2) is 22.6 Å². The van der Waals surface area contributed by atoms with Gasteiger partial charge in [0.1, 0.15) is 5.69 Å². The van der Waals surface area contributed by atoms with Gasteiger partial charge in [0.25, 0.3) is 0 Å². The van der Waals surface area contributed by atoms with Crippen LogP contribution >= 0.6 is 0 Å². The Hall–Kier alpha value is -1.66. The molecule has 0 atom stereocenters. The van der Waals surface area contributed by atoms with Gasteiger partial charge in [-0.1, -0.05) is 0 Å². The van der Waals surface area contributed by atoms with Crippen molar-refractivity contribution in [3.63, 3.8) is 0 Å². The Morgan fingerprint density at radius 2 is 2.08 bits per heavy atom. The second-order valence-corrected chi connectivity index (χ2v) is 1.95. The Bertz CT molecular complexity index is 313. The fraction of sp³-hybridized carbons (Fsp3) is 0.167. The molecule has 4 nitrogen and oxygen atoms in total. The Labute approximate surface area is 70.4 Å². The standard InChI is InChI=1S/C6H3F3N2O2/c7-6(8,9)13-5-2-10-1-4(3-12)11-5/h1-3H. The van der Waals surface area contributed by atoms with Gasteiger partial charge in [0.15, 0.2) is 6.29 Å². The van der Waals surface area contributed by atoms with Crippen molar-refractivity contribution < 1.29 is 22.7 Å². The van der Waals surface area contributed by atoms with Crippen LogP contribution < -0.4 is 4.74 Å². The molecule has 0 unspecified atom stereocenters. The van der Waals surface area contributed by atoms with E-state index in [9.17, 15) is 18.0 Å². The van der Waals surface area contributed by atoms with Crippen LogP contribution in [-0.2, 0) is 0 Å². The van der Waals surface area contributed by atoms with Gasteiger partial charge in [0.2, 0.25) is 5.88 Å². The van der Waals surface area contributed by atoms with Crippen molar-refractivity contribution >= 4 is 6.29 Å². The van der Waals surface area contributed by atoms with Crippen LogP contribution in [0.25, 0.3) is 0 Å². The lowest BCUT2D eigenvalue weighted by molar-refractivity contribution is -0.276. The van der Waals surface area contributed by atoms with Crippen LogP contribution in [0.4, 0.5) is 13.2 Å². The zero-order valence-corrected chi connectivity index (χ0v) is 6.08. The highest BCUT2D eigenvalue weighted by molar-refractivity contribution is 5.71. The molecule has 13 heavy (non-hydrogen) atoms. The highest BCUT2D eigenvalue weighted by atomic mass is 19.4. The smallest absolute Gasteiger partial charge is 0.386 e. The highest BCUT2D eigenvalue weighted by Gasteiger charge is 2.31. The monoisotopic (exact) mass is 192 g/mol. The van der Waals surface area contributed by atoms with Crippen molar-refractivity contribution in [2.24, 2.45) is 0 Å². The minimum Gasteiger partial charge on any atom is -0.386 e. The molecule has 0 aliphatic heterocycles. The lowest BCUT2D eigenvalue weighted by Gasteiger charge is -2.06. The first kappa shape index (κ1) is 9.43. The molecular weight excluding hydrogens is 189 g/mol. The highest BCUT2D eigenvalue weighted by Crippen LogP contribution is 2.19. The summed E-state index contributed by atoms with van der Waals surface area (Å²) in [6, 6.07) is 0. The first-order chi connectivity index (χ1) is 6.01. The van der Waals surface area contributed by atoms with Crippen LogP contribution in [0, 0.1) is 0 Å². The van der Waals surface area contributed by atoms with Crippen molar-refractivity contribution in [2.75, 3.05) is 0 Å². The van der Waals surface area contributed by atoms with Gasteiger partial charge >= 0.3 is 6.36 Å². The van der Waals surface area contributed by atoms with E-state index in [0.717, 1.165) is 12.4 Å².